The normalized spacial score (nSPS) is 27.1. The van der Waals surface area contributed by atoms with E-state index in [2.05, 4.69) is 12.2 Å². The maximum atomic E-state index is 10.9. The van der Waals surface area contributed by atoms with Gasteiger partial charge in [-0.1, -0.05) is 19.8 Å². The van der Waals surface area contributed by atoms with Crippen LogP contribution in [-0.4, -0.2) is 53.2 Å². The molecule has 0 aromatic rings. The first-order valence-corrected chi connectivity index (χ1v) is 9.11. The Morgan fingerprint density at radius 2 is 2.26 bits per heavy atom. The van der Waals surface area contributed by atoms with Gasteiger partial charge < -0.3 is 15.2 Å². The molecule has 114 valence electrons. The van der Waals surface area contributed by atoms with Crippen LogP contribution in [0, 0.1) is 5.92 Å². The zero-order valence-electron chi connectivity index (χ0n) is 12.3. The van der Waals surface area contributed by atoms with Crippen molar-refractivity contribution in [1.29, 1.82) is 0 Å². The molecule has 0 amide bonds. The largest absolute Gasteiger partial charge is 0.389 e. The highest BCUT2D eigenvalue weighted by molar-refractivity contribution is 7.84. The number of ether oxygens (including phenoxy) is 1. The van der Waals surface area contributed by atoms with E-state index in [0.29, 0.717) is 19.3 Å². The molecular formula is C14H29NO3S. The smallest absolute Gasteiger partial charge is 0.0897 e. The molecule has 1 fully saturated rings. The molecule has 19 heavy (non-hydrogen) atoms. The van der Waals surface area contributed by atoms with Gasteiger partial charge in [0.1, 0.15) is 0 Å². The van der Waals surface area contributed by atoms with Gasteiger partial charge in [-0.2, -0.15) is 0 Å². The van der Waals surface area contributed by atoms with Crippen LogP contribution in [0.2, 0.25) is 0 Å². The molecule has 1 aliphatic carbocycles. The Bertz CT molecular complexity index is 263. The maximum absolute atomic E-state index is 10.9. The quantitative estimate of drug-likeness (QED) is 0.629. The van der Waals surface area contributed by atoms with Crippen LogP contribution in [0.4, 0.5) is 0 Å². The van der Waals surface area contributed by atoms with Gasteiger partial charge in [0.15, 0.2) is 0 Å². The summed E-state index contributed by atoms with van der Waals surface area (Å²) >= 11 is 0. The zero-order valence-corrected chi connectivity index (χ0v) is 13.1. The van der Waals surface area contributed by atoms with Gasteiger partial charge >= 0.3 is 0 Å². The van der Waals surface area contributed by atoms with Crippen molar-refractivity contribution in [3.63, 3.8) is 0 Å². The van der Waals surface area contributed by atoms with Gasteiger partial charge in [-0.25, -0.2) is 0 Å². The van der Waals surface area contributed by atoms with Crippen molar-refractivity contribution < 1.29 is 14.1 Å². The first kappa shape index (κ1) is 17.1. The molecule has 4 unspecified atom stereocenters. The lowest BCUT2D eigenvalue weighted by molar-refractivity contribution is -0.0305. The SMILES string of the molecule is CC1CCCC(OCC(O)CNCCCS(C)=O)C1. The predicted octanol–water partition coefficient (Wildman–Crippen LogP) is 1.30. The van der Waals surface area contributed by atoms with Gasteiger partial charge in [0.25, 0.3) is 0 Å². The van der Waals surface area contributed by atoms with Gasteiger partial charge in [-0.15, -0.1) is 0 Å². The predicted molar refractivity (Wildman–Crippen MR) is 79.8 cm³/mol. The van der Waals surface area contributed by atoms with Gasteiger partial charge in [0.2, 0.25) is 0 Å². The second kappa shape index (κ2) is 9.86. The average Bonchev–Trinajstić information content (AvgIpc) is 2.35. The van der Waals surface area contributed by atoms with E-state index in [1.165, 1.54) is 12.8 Å². The molecule has 1 rings (SSSR count). The molecule has 1 saturated carbocycles. The van der Waals surface area contributed by atoms with Crippen molar-refractivity contribution in [2.75, 3.05) is 31.7 Å². The van der Waals surface area contributed by atoms with E-state index in [9.17, 15) is 9.32 Å². The molecule has 0 aromatic heterocycles. The van der Waals surface area contributed by atoms with Gasteiger partial charge in [0.05, 0.1) is 18.8 Å². The minimum atomic E-state index is -0.717. The number of rotatable bonds is 9. The third kappa shape index (κ3) is 8.74. The number of nitrogens with one attached hydrogen (secondary N) is 1. The van der Waals surface area contributed by atoms with Crippen LogP contribution in [0.1, 0.15) is 39.0 Å². The Kier molecular flexibility index (Phi) is 8.86. The molecule has 0 bridgehead atoms. The fourth-order valence-electron chi connectivity index (χ4n) is 2.51. The summed E-state index contributed by atoms with van der Waals surface area (Å²) in [5.74, 6) is 1.48. The molecule has 0 radical (unpaired) electrons. The second-order valence-corrected chi connectivity index (χ2v) is 7.27. The Morgan fingerprint density at radius 1 is 1.47 bits per heavy atom. The summed E-state index contributed by atoms with van der Waals surface area (Å²) in [5, 5.41) is 13.0. The van der Waals surface area contributed by atoms with E-state index in [4.69, 9.17) is 4.74 Å². The third-order valence-corrected chi connectivity index (χ3v) is 4.44. The van der Waals surface area contributed by atoms with Crippen LogP contribution in [0.15, 0.2) is 0 Å². The molecule has 0 heterocycles. The maximum Gasteiger partial charge on any atom is 0.0897 e. The fraction of sp³-hybridized carbons (Fsp3) is 1.00. The standard InChI is InChI=1S/C14H29NO3S/c1-12-5-3-6-14(9-12)18-11-13(16)10-15-7-4-8-19(2)17/h12-16H,3-11H2,1-2H3. The van der Waals surface area contributed by atoms with Crippen molar-refractivity contribution >= 4 is 10.8 Å². The van der Waals surface area contributed by atoms with Crippen molar-refractivity contribution in [3.05, 3.63) is 0 Å². The Labute approximate surface area is 119 Å². The molecule has 4 atom stereocenters. The van der Waals surface area contributed by atoms with Crippen LogP contribution >= 0.6 is 0 Å². The topological polar surface area (TPSA) is 58.6 Å². The summed E-state index contributed by atoms with van der Waals surface area (Å²) in [6, 6.07) is 0. The first-order chi connectivity index (χ1) is 9.08. The molecular weight excluding hydrogens is 262 g/mol. The zero-order chi connectivity index (χ0) is 14.1. The lowest BCUT2D eigenvalue weighted by Gasteiger charge is -2.27. The first-order valence-electron chi connectivity index (χ1n) is 7.38. The third-order valence-electron chi connectivity index (χ3n) is 3.58. The number of hydrogen-bond acceptors (Lipinski definition) is 4. The average molecular weight is 291 g/mol. The Hall–Kier alpha value is 0.0300. The summed E-state index contributed by atoms with van der Waals surface area (Å²) in [6.45, 7) is 4.05. The molecule has 0 aromatic carbocycles. The summed E-state index contributed by atoms with van der Waals surface area (Å²) in [6.07, 6.45) is 7.31. The fourth-order valence-corrected chi connectivity index (χ4v) is 3.06. The molecule has 1 aliphatic rings. The molecule has 0 spiro atoms. The summed E-state index contributed by atoms with van der Waals surface area (Å²) in [5.41, 5.74) is 0. The highest BCUT2D eigenvalue weighted by Crippen LogP contribution is 2.25. The minimum Gasteiger partial charge on any atom is -0.389 e. The van der Waals surface area contributed by atoms with Crippen LogP contribution in [0.3, 0.4) is 0 Å². The molecule has 0 saturated heterocycles. The summed E-state index contributed by atoms with van der Waals surface area (Å²) in [4.78, 5) is 0. The van der Waals surface area contributed by atoms with E-state index in [-0.39, 0.29) is 0 Å². The van der Waals surface area contributed by atoms with E-state index in [0.717, 1.165) is 37.5 Å². The lowest BCUT2D eigenvalue weighted by atomic mass is 9.89. The summed E-state index contributed by atoms with van der Waals surface area (Å²) < 4.78 is 16.6. The highest BCUT2D eigenvalue weighted by Gasteiger charge is 2.20. The van der Waals surface area contributed by atoms with Gasteiger partial charge in [-0.3, -0.25) is 4.21 Å². The molecule has 0 aliphatic heterocycles. The Balaban J connectivity index is 1.98. The van der Waals surface area contributed by atoms with Crippen molar-refractivity contribution in [3.8, 4) is 0 Å². The molecule has 4 nitrogen and oxygen atoms in total. The molecule has 5 heteroatoms. The van der Waals surface area contributed by atoms with Crippen molar-refractivity contribution in [1.82, 2.24) is 5.32 Å². The van der Waals surface area contributed by atoms with Crippen molar-refractivity contribution in [2.45, 2.75) is 51.2 Å². The number of hydrogen-bond donors (Lipinski definition) is 2. The van der Waals surface area contributed by atoms with E-state index >= 15 is 0 Å². The molecule has 2 N–H and O–H groups in total. The number of aliphatic hydroxyl groups is 1. The monoisotopic (exact) mass is 291 g/mol. The van der Waals surface area contributed by atoms with Crippen LogP contribution in [0.5, 0.6) is 0 Å². The van der Waals surface area contributed by atoms with Gasteiger partial charge in [0, 0.05) is 29.4 Å². The van der Waals surface area contributed by atoms with Crippen molar-refractivity contribution in [2.24, 2.45) is 5.92 Å². The second-order valence-electron chi connectivity index (χ2n) is 5.72. The van der Waals surface area contributed by atoms with E-state index < -0.39 is 16.9 Å². The Morgan fingerprint density at radius 3 is 2.95 bits per heavy atom. The van der Waals surface area contributed by atoms with E-state index in [1.807, 2.05) is 0 Å². The lowest BCUT2D eigenvalue weighted by Crippen LogP contribution is -2.33. The number of aliphatic hydroxyl groups excluding tert-OH is 1. The summed E-state index contributed by atoms with van der Waals surface area (Å²) in [7, 11) is -0.717. The van der Waals surface area contributed by atoms with Crippen LogP contribution in [0.25, 0.3) is 0 Å². The van der Waals surface area contributed by atoms with E-state index in [1.54, 1.807) is 6.26 Å². The van der Waals surface area contributed by atoms with Crippen LogP contribution < -0.4 is 5.32 Å². The van der Waals surface area contributed by atoms with Gasteiger partial charge in [-0.05, 0) is 31.7 Å². The highest BCUT2D eigenvalue weighted by atomic mass is 32.2. The van der Waals surface area contributed by atoms with Crippen LogP contribution in [-0.2, 0) is 15.5 Å². The minimum absolute atomic E-state index is 0.334.